The molecule has 0 saturated heterocycles. The summed E-state index contributed by atoms with van der Waals surface area (Å²) in [6.07, 6.45) is 1.87. The van der Waals surface area contributed by atoms with Gasteiger partial charge in [-0.1, -0.05) is 13.8 Å². The number of rotatable bonds is 1. The van der Waals surface area contributed by atoms with E-state index in [1.165, 1.54) is 0 Å². The van der Waals surface area contributed by atoms with Crippen molar-refractivity contribution in [2.75, 3.05) is 12.4 Å². The zero-order valence-electron chi connectivity index (χ0n) is 9.05. The number of nitrogens with zero attached hydrogens (tertiary/aromatic N) is 2. The lowest BCUT2D eigenvalue weighted by atomic mass is 10.3. The van der Waals surface area contributed by atoms with E-state index in [9.17, 15) is 0 Å². The van der Waals surface area contributed by atoms with E-state index in [2.05, 4.69) is 20.3 Å². The molecular weight excluding hydrogens is 176 g/mol. The van der Waals surface area contributed by atoms with Gasteiger partial charge in [0.2, 0.25) is 5.95 Å². The van der Waals surface area contributed by atoms with Crippen LogP contribution >= 0.6 is 0 Å². The van der Waals surface area contributed by atoms with Crippen molar-refractivity contribution >= 4 is 17.0 Å². The Labute approximate surface area is 83.8 Å². The van der Waals surface area contributed by atoms with Crippen LogP contribution in [-0.2, 0) is 0 Å². The van der Waals surface area contributed by atoms with Gasteiger partial charge in [-0.05, 0) is 13.0 Å². The van der Waals surface area contributed by atoms with E-state index < -0.39 is 0 Å². The summed E-state index contributed by atoms with van der Waals surface area (Å²) in [4.78, 5) is 11.6. The van der Waals surface area contributed by atoms with Crippen molar-refractivity contribution < 1.29 is 0 Å². The van der Waals surface area contributed by atoms with E-state index in [-0.39, 0.29) is 0 Å². The third kappa shape index (κ3) is 1.84. The number of H-pyrrole nitrogens is 1. The molecular formula is C10H16N4. The molecule has 0 bridgehead atoms. The van der Waals surface area contributed by atoms with E-state index in [1.54, 1.807) is 0 Å². The minimum absolute atomic E-state index is 0.666. The predicted molar refractivity (Wildman–Crippen MR) is 59.5 cm³/mol. The third-order valence-electron chi connectivity index (χ3n) is 1.81. The molecule has 0 fully saturated rings. The first-order valence-electron chi connectivity index (χ1n) is 4.81. The van der Waals surface area contributed by atoms with Gasteiger partial charge in [-0.2, -0.15) is 0 Å². The molecule has 0 aliphatic carbocycles. The van der Waals surface area contributed by atoms with Crippen molar-refractivity contribution in [3.63, 3.8) is 0 Å². The largest absolute Gasteiger partial charge is 0.358 e. The summed E-state index contributed by atoms with van der Waals surface area (Å²) in [5, 5.41) is 2.91. The van der Waals surface area contributed by atoms with Gasteiger partial charge in [-0.15, -0.1) is 0 Å². The van der Waals surface area contributed by atoms with E-state index in [4.69, 9.17) is 0 Å². The van der Waals surface area contributed by atoms with Crippen LogP contribution in [0.3, 0.4) is 0 Å². The van der Waals surface area contributed by atoms with Crippen LogP contribution in [0, 0.1) is 6.92 Å². The lowest BCUT2D eigenvalue weighted by molar-refractivity contribution is 1.13. The monoisotopic (exact) mass is 192 g/mol. The van der Waals surface area contributed by atoms with Gasteiger partial charge in [0.05, 0.1) is 16.7 Å². The second kappa shape index (κ2) is 4.60. The number of hydrogen-bond donors (Lipinski definition) is 2. The van der Waals surface area contributed by atoms with E-state index in [0.717, 1.165) is 16.7 Å². The molecule has 0 aromatic carbocycles. The summed E-state index contributed by atoms with van der Waals surface area (Å²) >= 11 is 0. The molecule has 2 rings (SSSR count). The molecule has 4 nitrogen and oxygen atoms in total. The minimum atomic E-state index is 0.666. The number of aromatic nitrogens is 3. The van der Waals surface area contributed by atoms with E-state index >= 15 is 0 Å². The average molecular weight is 192 g/mol. The Morgan fingerprint density at radius 3 is 2.64 bits per heavy atom. The smallest absolute Gasteiger partial charge is 0.223 e. The van der Waals surface area contributed by atoms with Gasteiger partial charge in [-0.25, -0.2) is 9.97 Å². The second-order valence-electron chi connectivity index (χ2n) is 2.62. The second-order valence-corrected chi connectivity index (χ2v) is 2.62. The fourth-order valence-corrected chi connectivity index (χ4v) is 1.21. The highest BCUT2D eigenvalue weighted by Gasteiger charge is 2.02. The molecule has 0 aliphatic rings. The summed E-state index contributed by atoms with van der Waals surface area (Å²) in [7, 11) is 1.81. The van der Waals surface area contributed by atoms with Gasteiger partial charge in [0, 0.05) is 13.2 Å². The van der Waals surface area contributed by atoms with Crippen molar-refractivity contribution in [1.29, 1.82) is 0 Å². The Morgan fingerprint density at radius 2 is 2.00 bits per heavy atom. The van der Waals surface area contributed by atoms with Gasteiger partial charge in [0.25, 0.3) is 0 Å². The lowest BCUT2D eigenvalue weighted by Crippen LogP contribution is -1.97. The van der Waals surface area contributed by atoms with E-state index in [1.807, 2.05) is 40.1 Å². The van der Waals surface area contributed by atoms with Crippen molar-refractivity contribution in [2.45, 2.75) is 20.8 Å². The molecule has 2 aromatic heterocycles. The maximum atomic E-state index is 4.26. The highest BCUT2D eigenvalue weighted by Crippen LogP contribution is 2.14. The molecule has 0 radical (unpaired) electrons. The fourth-order valence-electron chi connectivity index (χ4n) is 1.21. The number of anilines is 1. The summed E-state index contributed by atoms with van der Waals surface area (Å²) in [6, 6.07) is 1.94. The Kier molecular flexibility index (Phi) is 3.45. The van der Waals surface area contributed by atoms with Crippen LogP contribution in [0.5, 0.6) is 0 Å². The third-order valence-corrected chi connectivity index (χ3v) is 1.81. The van der Waals surface area contributed by atoms with Crippen LogP contribution in [-0.4, -0.2) is 22.0 Å². The van der Waals surface area contributed by atoms with Gasteiger partial charge < -0.3 is 10.3 Å². The van der Waals surface area contributed by atoms with Gasteiger partial charge >= 0.3 is 0 Å². The molecule has 2 heterocycles. The predicted octanol–water partition coefficient (Wildman–Crippen LogP) is 2.33. The molecule has 0 atom stereocenters. The summed E-state index contributed by atoms with van der Waals surface area (Å²) < 4.78 is 0. The number of nitrogens with one attached hydrogen (secondary N) is 2. The first-order chi connectivity index (χ1) is 6.81. The zero-order chi connectivity index (χ0) is 10.6. The first kappa shape index (κ1) is 10.5. The maximum absolute atomic E-state index is 4.26. The molecule has 0 spiro atoms. The first-order valence-corrected chi connectivity index (χ1v) is 4.81. The van der Waals surface area contributed by atoms with Gasteiger partial charge in [0.1, 0.15) is 0 Å². The van der Waals surface area contributed by atoms with Crippen LogP contribution in [0.4, 0.5) is 5.95 Å². The molecule has 4 heteroatoms. The Morgan fingerprint density at radius 1 is 1.29 bits per heavy atom. The average Bonchev–Trinajstić information content (AvgIpc) is 2.69. The summed E-state index contributed by atoms with van der Waals surface area (Å²) in [5.41, 5.74) is 2.93. The number of fused-ring (bicyclic) bond motifs is 1. The summed E-state index contributed by atoms with van der Waals surface area (Å²) in [6.45, 7) is 5.96. The maximum Gasteiger partial charge on any atom is 0.223 e. The molecule has 2 N–H and O–H groups in total. The number of hydrogen-bond acceptors (Lipinski definition) is 3. The molecule has 0 aliphatic heterocycles. The van der Waals surface area contributed by atoms with Gasteiger partial charge in [0.15, 0.2) is 0 Å². The SMILES string of the molecule is CC.CNc1nc(C)c2[nH]ccc2n1. The molecule has 14 heavy (non-hydrogen) atoms. The Bertz CT molecular complexity index is 405. The highest BCUT2D eigenvalue weighted by atomic mass is 15.1. The van der Waals surface area contributed by atoms with Crippen LogP contribution < -0.4 is 5.32 Å². The van der Waals surface area contributed by atoms with Crippen molar-refractivity contribution in [1.82, 2.24) is 15.0 Å². The van der Waals surface area contributed by atoms with Crippen LogP contribution in [0.15, 0.2) is 12.3 Å². The number of aromatic amines is 1. The standard InChI is InChI=1S/C8H10N4.C2H6/c1-5-7-6(3-4-10-7)12-8(9-2)11-5;1-2/h3-4,10H,1-2H3,(H,9,11,12);1-2H3. The fraction of sp³-hybridized carbons (Fsp3) is 0.400. The molecule has 2 aromatic rings. The summed E-state index contributed by atoms with van der Waals surface area (Å²) in [5.74, 6) is 0.666. The highest BCUT2D eigenvalue weighted by molar-refractivity contribution is 5.78. The Balaban J connectivity index is 0.000000461. The molecule has 0 unspecified atom stereocenters. The van der Waals surface area contributed by atoms with Crippen LogP contribution in [0.25, 0.3) is 11.0 Å². The van der Waals surface area contributed by atoms with E-state index in [0.29, 0.717) is 5.95 Å². The minimum Gasteiger partial charge on any atom is -0.358 e. The van der Waals surface area contributed by atoms with Crippen molar-refractivity contribution in [3.8, 4) is 0 Å². The van der Waals surface area contributed by atoms with Gasteiger partial charge in [-0.3, -0.25) is 0 Å². The molecule has 0 saturated carbocycles. The van der Waals surface area contributed by atoms with Crippen LogP contribution in [0.1, 0.15) is 19.5 Å². The normalized spacial score (nSPS) is 9.43. The topological polar surface area (TPSA) is 53.6 Å². The van der Waals surface area contributed by atoms with Crippen molar-refractivity contribution in [3.05, 3.63) is 18.0 Å². The Hall–Kier alpha value is -1.58. The van der Waals surface area contributed by atoms with Crippen LogP contribution in [0.2, 0.25) is 0 Å². The molecule has 0 amide bonds. The molecule has 76 valence electrons. The lowest BCUT2D eigenvalue weighted by Gasteiger charge is -1.99. The zero-order valence-corrected chi connectivity index (χ0v) is 9.05. The van der Waals surface area contributed by atoms with Crippen molar-refractivity contribution in [2.24, 2.45) is 0 Å². The quantitative estimate of drug-likeness (QED) is 0.729. The number of aryl methyl sites for hydroxylation is 1.